The highest BCUT2D eigenvalue weighted by molar-refractivity contribution is 7.47. The van der Waals surface area contributed by atoms with Crippen LogP contribution in [0.15, 0.2) is 60.8 Å². The predicted molar refractivity (Wildman–Crippen MR) is 233 cm³/mol. The first-order chi connectivity index (χ1) is 27.0. The van der Waals surface area contributed by atoms with Crippen molar-refractivity contribution in [2.24, 2.45) is 0 Å². The Morgan fingerprint density at radius 1 is 0.554 bits per heavy atom. The van der Waals surface area contributed by atoms with E-state index in [2.05, 4.69) is 74.6 Å². The average molecular weight is 809 g/mol. The molecule has 0 heterocycles. The van der Waals surface area contributed by atoms with Crippen LogP contribution in [0.1, 0.15) is 168 Å². The Morgan fingerprint density at radius 3 is 1.52 bits per heavy atom. The summed E-state index contributed by atoms with van der Waals surface area (Å²) in [5.41, 5.74) is 0. The van der Waals surface area contributed by atoms with Gasteiger partial charge in [-0.1, -0.05) is 139 Å². The monoisotopic (exact) mass is 809 g/mol. The zero-order valence-corrected chi connectivity index (χ0v) is 37.2. The Labute approximate surface area is 343 Å². The minimum absolute atomic E-state index is 0.0178. The van der Waals surface area contributed by atoms with E-state index in [1.54, 1.807) is 0 Å². The first-order valence-electron chi connectivity index (χ1n) is 22.0. The van der Waals surface area contributed by atoms with Gasteiger partial charge < -0.3 is 18.9 Å². The number of hydrogen-bond donors (Lipinski definition) is 1. The molecule has 0 amide bonds. The van der Waals surface area contributed by atoms with Crippen LogP contribution < -0.4 is 0 Å². The van der Waals surface area contributed by atoms with Crippen LogP contribution in [-0.4, -0.2) is 74.9 Å². The number of esters is 2. The average Bonchev–Trinajstić information content (AvgIpc) is 3.15. The van der Waals surface area contributed by atoms with E-state index in [1.165, 1.54) is 64.2 Å². The predicted octanol–water partition coefficient (Wildman–Crippen LogP) is 12.5. The van der Waals surface area contributed by atoms with E-state index in [0.717, 1.165) is 64.2 Å². The third kappa shape index (κ3) is 41.3. The topological polar surface area (TPSA) is 108 Å². The Morgan fingerprint density at radius 2 is 0.982 bits per heavy atom. The second kappa shape index (κ2) is 38.2. The van der Waals surface area contributed by atoms with Gasteiger partial charge in [0.1, 0.15) is 19.8 Å². The van der Waals surface area contributed by atoms with Gasteiger partial charge in [-0.05, 0) is 77.0 Å². The van der Waals surface area contributed by atoms with Gasteiger partial charge in [-0.25, -0.2) is 4.57 Å². The molecule has 1 N–H and O–H groups in total. The molecule has 0 saturated carbocycles. The van der Waals surface area contributed by atoms with E-state index in [0.29, 0.717) is 23.9 Å². The standard InChI is InChI=1S/C46H82NO8P/c1-6-8-10-12-14-16-18-20-22-23-25-27-29-31-33-35-37-39-46(49)55-44(43-54-56(50,51)53-41-40-47(3,4)5)42-52-45(48)38-36-34-32-30-28-26-24-21-19-17-15-13-11-9-7-2/h15,17,20-22,24-25,27,31,33,44H,6-14,16,18-19,23,26,28-30,32,34-43H2,1-5H3/p+1/b17-15-,22-20-,24-21-,27-25-,33-31-/t44-/m1/s1. The lowest BCUT2D eigenvalue weighted by atomic mass is 10.1. The van der Waals surface area contributed by atoms with Gasteiger partial charge in [-0.15, -0.1) is 0 Å². The number of carbonyl (C=O) groups excluding carboxylic acids is 2. The normalized spacial score (nSPS) is 14.2. The van der Waals surface area contributed by atoms with E-state index >= 15 is 0 Å². The molecule has 324 valence electrons. The molecule has 0 saturated heterocycles. The van der Waals surface area contributed by atoms with E-state index in [9.17, 15) is 19.0 Å². The van der Waals surface area contributed by atoms with Crippen molar-refractivity contribution in [3.05, 3.63) is 60.8 Å². The molecular formula is C46H83NO8P+. The fourth-order valence-electron chi connectivity index (χ4n) is 5.53. The van der Waals surface area contributed by atoms with Gasteiger partial charge in [0.2, 0.25) is 0 Å². The molecule has 10 heteroatoms. The van der Waals surface area contributed by atoms with Crippen LogP contribution in [0.4, 0.5) is 0 Å². The third-order valence-electron chi connectivity index (χ3n) is 9.02. The number of carbonyl (C=O) groups is 2. The molecule has 0 radical (unpaired) electrons. The van der Waals surface area contributed by atoms with Gasteiger partial charge in [-0.2, -0.15) is 0 Å². The van der Waals surface area contributed by atoms with Gasteiger partial charge >= 0.3 is 19.8 Å². The molecule has 0 aliphatic carbocycles. The van der Waals surface area contributed by atoms with Crippen LogP contribution in [0, 0.1) is 0 Å². The summed E-state index contributed by atoms with van der Waals surface area (Å²) >= 11 is 0. The number of unbranched alkanes of at least 4 members (excludes halogenated alkanes) is 15. The largest absolute Gasteiger partial charge is 0.472 e. The zero-order chi connectivity index (χ0) is 41.4. The lowest BCUT2D eigenvalue weighted by Gasteiger charge is -2.24. The molecule has 1 unspecified atom stereocenters. The van der Waals surface area contributed by atoms with Crippen molar-refractivity contribution >= 4 is 19.8 Å². The van der Waals surface area contributed by atoms with Crippen molar-refractivity contribution in [1.29, 1.82) is 0 Å². The molecule has 0 aliphatic rings. The minimum Gasteiger partial charge on any atom is -0.462 e. The van der Waals surface area contributed by atoms with Crippen molar-refractivity contribution in [3.63, 3.8) is 0 Å². The van der Waals surface area contributed by atoms with E-state index in [1.807, 2.05) is 21.1 Å². The number of hydrogen-bond acceptors (Lipinski definition) is 7. The Kier molecular flexibility index (Phi) is 36.7. The minimum atomic E-state index is -4.39. The second-order valence-electron chi connectivity index (χ2n) is 15.7. The quantitative estimate of drug-likeness (QED) is 0.0215. The number of nitrogens with zero attached hydrogens (tertiary/aromatic N) is 1. The molecule has 0 bridgehead atoms. The molecule has 2 atom stereocenters. The maximum atomic E-state index is 12.7. The number of likely N-dealkylation sites (N-methyl/N-ethyl adjacent to an activating group) is 1. The van der Waals surface area contributed by atoms with Crippen LogP contribution >= 0.6 is 7.82 Å². The number of rotatable bonds is 39. The number of ether oxygens (including phenoxy) is 2. The van der Waals surface area contributed by atoms with Crippen LogP contribution in [0.2, 0.25) is 0 Å². The highest BCUT2D eigenvalue weighted by Gasteiger charge is 2.27. The number of phosphoric acid groups is 1. The summed E-state index contributed by atoms with van der Waals surface area (Å²) in [7, 11) is 1.43. The van der Waals surface area contributed by atoms with Crippen LogP contribution in [0.25, 0.3) is 0 Å². The molecule has 0 aromatic rings. The van der Waals surface area contributed by atoms with Crippen LogP contribution in [-0.2, 0) is 32.7 Å². The van der Waals surface area contributed by atoms with Gasteiger partial charge in [0.05, 0.1) is 27.7 Å². The van der Waals surface area contributed by atoms with Gasteiger partial charge in [0.25, 0.3) is 0 Å². The molecule has 0 fully saturated rings. The number of allylic oxidation sites excluding steroid dienone is 10. The summed E-state index contributed by atoms with van der Waals surface area (Å²) in [5, 5.41) is 0. The second-order valence-corrected chi connectivity index (χ2v) is 17.2. The third-order valence-corrected chi connectivity index (χ3v) is 10.0. The highest BCUT2D eigenvalue weighted by atomic mass is 31.2. The van der Waals surface area contributed by atoms with Crippen LogP contribution in [0.5, 0.6) is 0 Å². The molecule has 0 aliphatic heterocycles. The van der Waals surface area contributed by atoms with Crippen molar-refractivity contribution in [1.82, 2.24) is 0 Å². The van der Waals surface area contributed by atoms with Gasteiger partial charge in [0.15, 0.2) is 6.10 Å². The summed E-state index contributed by atoms with van der Waals surface area (Å²) in [5.74, 6) is -0.880. The maximum Gasteiger partial charge on any atom is 0.472 e. The van der Waals surface area contributed by atoms with E-state index in [4.69, 9.17) is 18.5 Å². The van der Waals surface area contributed by atoms with E-state index in [-0.39, 0.29) is 26.1 Å². The maximum absolute atomic E-state index is 12.7. The SMILES string of the molecule is CCCCC/C=C\C/C=C\CCCCCCCC(=O)OC[C@H](COP(=O)(O)OCC[N+](C)(C)C)OC(=O)CCC/C=C\C/C=C\C/C=C\CCCCCCCC. The van der Waals surface area contributed by atoms with Crippen LogP contribution in [0.3, 0.4) is 0 Å². The summed E-state index contributed by atoms with van der Waals surface area (Å²) < 4.78 is 34.2. The summed E-state index contributed by atoms with van der Waals surface area (Å²) in [4.78, 5) is 35.3. The lowest BCUT2D eigenvalue weighted by molar-refractivity contribution is -0.870. The van der Waals surface area contributed by atoms with Crippen molar-refractivity contribution in [3.8, 4) is 0 Å². The van der Waals surface area contributed by atoms with Crippen molar-refractivity contribution < 1.29 is 42.1 Å². The molecule has 0 rings (SSSR count). The Bertz CT molecular complexity index is 1140. The first-order valence-corrected chi connectivity index (χ1v) is 23.5. The first kappa shape index (κ1) is 53.7. The van der Waals surface area contributed by atoms with Gasteiger partial charge in [0, 0.05) is 12.8 Å². The number of phosphoric ester groups is 1. The Balaban J connectivity index is 4.49. The molecule has 0 aromatic carbocycles. The van der Waals surface area contributed by atoms with Gasteiger partial charge in [-0.3, -0.25) is 18.6 Å². The smallest absolute Gasteiger partial charge is 0.462 e. The van der Waals surface area contributed by atoms with Crippen molar-refractivity contribution in [2.75, 3.05) is 47.5 Å². The van der Waals surface area contributed by atoms with E-state index < -0.39 is 32.5 Å². The molecule has 9 nitrogen and oxygen atoms in total. The fraction of sp³-hybridized carbons (Fsp3) is 0.739. The zero-order valence-electron chi connectivity index (χ0n) is 36.3. The molecular weight excluding hydrogens is 725 g/mol. The highest BCUT2D eigenvalue weighted by Crippen LogP contribution is 2.43. The molecule has 0 spiro atoms. The number of quaternary nitrogens is 1. The summed E-state index contributed by atoms with van der Waals surface area (Å²) in [6.07, 6.45) is 45.6. The summed E-state index contributed by atoms with van der Waals surface area (Å²) in [6, 6.07) is 0. The summed E-state index contributed by atoms with van der Waals surface area (Å²) in [6.45, 7) is 4.30. The lowest BCUT2D eigenvalue weighted by Crippen LogP contribution is -2.37. The fourth-order valence-corrected chi connectivity index (χ4v) is 6.27. The Hall–Kier alpha value is -2.29. The molecule has 0 aromatic heterocycles. The van der Waals surface area contributed by atoms with Crippen molar-refractivity contribution in [2.45, 2.75) is 174 Å². The molecule has 56 heavy (non-hydrogen) atoms.